The van der Waals surface area contributed by atoms with Gasteiger partial charge in [0, 0.05) is 5.56 Å². The van der Waals surface area contributed by atoms with Crippen LogP contribution in [-0.4, -0.2) is 11.1 Å². The molecule has 2 aromatic rings. The lowest BCUT2D eigenvalue weighted by Crippen LogP contribution is -2.02. The Morgan fingerprint density at radius 3 is 3.00 bits per heavy atom. The summed E-state index contributed by atoms with van der Waals surface area (Å²) < 4.78 is 1.17. The third kappa shape index (κ3) is 1.31. The summed E-state index contributed by atoms with van der Waals surface area (Å²) >= 11 is 1.68. The quantitative estimate of drug-likeness (QED) is 0.588. The molecule has 0 spiro atoms. The summed E-state index contributed by atoms with van der Waals surface area (Å²) in [5.41, 5.74) is 1.76. The zero-order valence-electron chi connectivity index (χ0n) is 8.86. The third-order valence-electron chi connectivity index (χ3n) is 3.01. The number of hydrogen-bond donors (Lipinski definition) is 0. The van der Waals surface area contributed by atoms with Crippen LogP contribution in [0, 0.1) is 6.92 Å². The van der Waals surface area contributed by atoms with Crippen LogP contribution in [0.25, 0.3) is 10.2 Å². The molecule has 1 heterocycles. The van der Waals surface area contributed by atoms with Gasteiger partial charge < -0.3 is 0 Å². The molecule has 16 heavy (non-hydrogen) atoms. The summed E-state index contributed by atoms with van der Waals surface area (Å²) in [6, 6.07) is 6.09. The first-order valence-electron chi connectivity index (χ1n) is 5.21. The standard InChI is InChI=1S/C12H10N2OS/c1-8-14-11-9(3-2-4-10(11)16-8)12(5-6-12)13-7-15/h2-4H,5-6H2,1H3. The van der Waals surface area contributed by atoms with E-state index >= 15 is 0 Å². The monoisotopic (exact) mass is 230 g/mol. The molecule has 0 bridgehead atoms. The van der Waals surface area contributed by atoms with E-state index in [0.29, 0.717) is 0 Å². The number of thiazole rings is 1. The minimum Gasteiger partial charge on any atom is -0.241 e. The second-order valence-corrected chi connectivity index (χ2v) is 5.35. The van der Waals surface area contributed by atoms with Gasteiger partial charge in [-0.2, -0.15) is 4.99 Å². The number of carbonyl (C=O) groups excluding carboxylic acids is 1. The highest BCUT2D eigenvalue weighted by molar-refractivity contribution is 7.18. The molecule has 3 rings (SSSR count). The van der Waals surface area contributed by atoms with Crippen LogP contribution in [0.5, 0.6) is 0 Å². The second kappa shape index (κ2) is 3.24. The molecular formula is C12H10N2OS. The first-order valence-corrected chi connectivity index (χ1v) is 6.02. The first kappa shape index (κ1) is 9.70. The number of rotatable bonds is 2. The van der Waals surface area contributed by atoms with E-state index in [1.807, 2.05) is 19.1 Å². The molecule has 0 amide bonds. The summed E-state index contributed by atoms with van der Waals surface area (Å²) in [4.78, 5) is 19.0. The van der Waals surface area contributed by atoms with Gasteiger partial charge in [-0.25, -0.2) is 9.78 Å². The molecule has 1 aliphatic rings. The van der Waals surface area contributed by atoms with Gasteiger partial charge in [-0.3, -0.25) is 0 Å². The van der Waals surface area contributed by atoms with Crippen molar-refractivity contribution in [3.8, 4) is 0 Å². The van der Waals surface area contributed by atoms with E-state index in [-0.39, 0.29) is 5.54 Å². The average molecular weight is 230 g/mol. The molecule has 3 nitrogen and oxygen atoms in total. The molecule has 80 valence electrons. The minimum atomic E-state index is -0.318. The fourth-order valence-electron chi connectivity index (χ4n) is 2.08. The van der Waals surface area contributed by atoms with Crippen molar-refractivity contribution in [1.82, 2.24) is 4.98 Å². The highest BCUT2D eigenvalue weighted by atomic mass is 32.1. The number of hydrogen-bond acceptors (Lipinski definition) is 4. The Labute approximate surface area is 96.8 Å². The van der Waals surface area contributed by atoms with Crippen molar-refractivity contribution in [2.24, 2.45) is 4.99 Å². The molecule has 4 heteroatoms. The van der Waals surface area contributed by atoms with Gasteiger partial charge in [0.1, 0.15) is 5.54 Å². The molecule has 1 saturated carbocycles. The van der Waals surface area contributed by atoms with Crippen LogP contribution in [0.3, 0.4) is 0 Å². The molecule has 1 fully saturated rings. The molecule has 1 aromatic carbocycles. The number of isocyanates is 1. The zero-order chi connectivity index (χ0) is 11.2. The topological polar surface area (TPSA) is 42.3 Å². The summed E-state index contributed by atoms with van der Waals surface area (Å²) in [6.45, 7) is 2.00. The van der Waals surface area contributed by atoms with Crippen LogP contribution in [0.2, 0.25) is 0 Å². The van der Waals surface area contributed by atoms with E-state index in [0.717, 1.165) is 28.9 Å². The van der Waals surface area contributed by atoms with Gasteiger partial charge in [-0.1, -0.05) is 12.1 Å². The molecule has 0 saturated heterocycles. The van der Waals surface area contributed by atoms with Gasteiger partial charge in [-0.15, -0.1) is 11.3 Å². The number of fused-ring (bicyclic) bond motifs is 1. The van der Waals surface area contributed by atoms with Crippen molar-refractivity contribution in [2.45, 2.75) is 25.3 Å². The maximum absolute atomic E-state index is 10.5. The number of para-hydroxylation sites is 1. The lowest BCUT2D eigenvalue weighted by Gasteiger charge is -2.08. The summed E-state index contributed by atoms with van der Waals surface area (Å²) in [5.74, 6) is 0. The fourth-order valence-corrected chi connectivity index (χ4v) is 2.94. The van der Waals surface area contributed by atoms with Crippen LogP contribution >= 0.6 is 11.3 Å². The Kier molecular flexibility index (Phi) is 1.96. The Morgan fingerprint density at radius 1 is 1.50 bits per heavy atom. The van der Waals surface area contributed by atoms with E-state index in [1.54, 1.807) is 17.4 Å². The van der Waals surface area contributed by atoms with Gasteiger partial charge in [-0.05, 0) is 25.8 Å². The van der Waals surface area contributed by atoms with E-state index in [2.05, 4.69) is 16.0 Å². The van der Waals surface area contributed by atoms with Gasteiger partial charge in [0.2, 0.25) is 6.08 Å². The maximum Gasteiger partial charge on any atom is 0.235 e. The highest BCUT2D eigenvalue weighted by Crippen LogP contribution is 2.51. The van der Waals surface area contributed by atoms with Gasteiger partial charge in [0.15, 0.2) is 0 Å². The highest BCUT2D eigenvalue weighted by Gasteiger charge is 2.46. The molecule has 0 N–H and O–H groups in total. The van der Waals surface area contributed by atoms with Gasteiger partial charge in [0.25, 0.3) is 0 Å². The molecular weight excluding hydrogens is 220 g/mol. The van der Waals surface area contributed by atoms with Crippen molar-refractivity contribution in [3.05, 3.63) is 28.8 Å². The molecule has 0 atom stereocenters. The summed E-state index contributed by atoms with van der Waals surface area (Å²) in [6.07, 6.45) is 3.55. The van der Waals surface area contributed by atoms with Crippen molar-refractivity contribution in [2.75, 3.05) is 0 Å². The van der Waals surface area contributed by atoms with E-state index in [1.165, 1.54) is 4.70 Å². The molecule has 1 aromatic heterocycles. The Bertz CT molecular complexity index is 607. The Morgan fingerprint density at radius 2 is 2.31 bits per heavy atom. The largest absolute Gasteiger partial charge is 0.241 e. The lowest BCUT2D eigenvalue weighted by atomic mass is 10.0. The van der Waals surface area contributed by atoms with Crippen LogP contribution in [0.15, 0.2) is 23.2 Å². The second-order valence-electron chi connectivity index (χ2n) is 4.12. The molecule has 0 unspecified atom stereocenters. The number of nitrogens with zero attached hydrogens (tertiary/aromatic N) is 2. The molecule has 1 aliphatic carbocycles. The summed E-state index contributed by atoms with van der Waals surface area (Å²) in [7, 11) is 0. The van der Waals surface area contributed by atoms with Gasteiger partial charge >= 0.3 is 0 Å². The number of benzene rings is 1. The number of aromatic nitrogens is 1. The van der Waals surface area contributed by atoms with E-state index in [4.69, 9.17) is 0 Å². The molecule has 0 radical (unpaired) electrons. The average Bonchev–Trinajstić information content (AvgIpc) is 2.92. The Hall–Kier alpha value is -1.51. The molecule has 0 aliphatic heterocycles. The smallest absolute Gasteiger partial charge is 0.235 e. The lowest BCUT2D eigenvalue weighted by molar-refractivity contribution is 0.556. The van der Waals surface area contributed by atoms with Gasteiger partial charge in [0.05, 0.1) is 15.2 Å². The van der Waals surface area contributed by atoms with Crippen LogP contribution in [0.1, 0.15) is 23.4 Å². The van der Waals surface area contributed by atoms with Crippen LogP contribution in [0.4, 0.5) is 0 Å². The number of aliphatic imine (C=N–C) groups is 1. The zero-order valence-corrected chi connectivity index (χ0v) is 9.67. The summed E-state index contributed by atoms with van der Waals surface area (Å²) in [5, 5.41) is 1.05. The normalized spacial score (nSPS) is 17.1. The number of aryl methyl sites for hydroxylation is 1. The predicted octanol–water partition coefficient (Wildman–Crippen LogP) is 2.93. The van der Waals surface area contributed by atoms with Crippen molar-refractivity contribution < 1.29 is 4.79 Å². The SMILES string of the molecule is Cc1nc2c(C3(N=C=O)CC3)cccc2s1. The van der Waals surface area contributed by atoms with Crippen molar-refractivity contribution in [3.63, 3.8) is 0 Å². The van der Waals surface area contributed by atoms with E-state index < -0.39 is 0 Å². The van der Waals surface area contributed by atoms with Crippen LogP contribution < -0.4 is 0 Å². The van der Waals surface area contributed by atoms with Crippen LogP contribution in [-0.2, 0) is 10.3 Å². The minimum absolute atomic E-state index is 0.318. The predicted molar refractivity (Wildman–Crippen MR) is 63.4 cm³/mol. The van der Waals surface area contributed by atoms with Crippen molar-refractivity contribution >= 4 is 27.6 Å². The fraction of sp³-hybridized carbons (Fsp3) is 0.333. The maximum atomic E-state index is 10.5. The van der Waals surface area contributed by atoms with E-state index in [9.17, 15) is 4.79 Å². The van der Waals surface area contributed by atoms with Crippen molar-refractivity contribution in [1.29, 1.82) is 0 Å². The third-order valence-corrected chi connectivity index (χ3v) is 3.95. The Balaban J connectivity index is 2.27. The first-order chi connectivity index (χ1) is 7.75.